The molecule has 0 bridgehead atoms. The molecule has 0 saturated carbocycles. The van der Waals surface area contributed by atoms with Crippen molar-refractivity contribution in [2.45, 2.75) is 38.9 Å². The van der Waals surface area contributed by atoms with Gasteiger partial charge in [0.1, 0.15) is 5.01 Å². The number of non-ortho nitro benzene ring substituents is 1. The molecule has 0 amide bonds. The van der Waals surface area contributed by atoms with Crippen molar-refractivity contribution in [1.82, 2.24) is 4.98 Å². The fraction of sp³-hybridized carbons (Fsp3) is 0.316. The van der Waals surface area contributed by atoms with Gasteiger partial charge in [-0.3, -0.25) is 10.1 Å². The van der Waals surface area contributed by atoms with Crippen LogP contribution in [-0.4, -0.2) is 28.2 Å². The lowest BCUT2D eigenvalue weighted by atomic mass is 9.79. The fourth-order valence-electron chi connectivity index (χ4n) is 2.92. The highest BCUT2D eigenvalue weighted by molar-refractivity contribution is 7.21. The summed E-state index contributed by atoms with van der Waals surface area (Å²) in [4.78, 5) is 15.1. The van der Waals surface area contributed by atoms with Crippen LogP contribution < -0.4 is 5.46 Å². The molecule has 138 valence electrons. The van der Waals surface area contributed by atoms with E-state index < -0.39 is 12.0 Å². The minimum Gasteiger partial charge on any atom is -0.399 e. The molecule has 0 aliphatic carbocycles. The Labute approximate surface area is 161 Å². The molecule has 3 aromatic rings. The van der Waals surface area contributed by atoms with Crippen LogP contribution in [0.3, 0.4) is 0 Å². The lowest BCUT2D eigenvalue weighted by molar-refractivity contribution is -0.384. The van der Waals surface area contributed by atoms with Crippen LogP contribution in [0.1, 0.15) is 27.7 Å². The third-order valence-corrected chi connectivity index (χ3v) is 6.33. The number of nitro groups is 1. The average Bonchev–Trinajstić information content (AvgIpc) is 3.12. The predicted molar refractivity (Wildman–Crippen MR) is 107 cm³/mol. The Morgan fingerprint density at radius 3 is 2.26 bits per heavy atom. The summed E-state index contributed by atoms with van der Waals surface area (Å²) in [6.07, 6.45) is 0. The molecule has 1 aliphatic rings. The molecule has 2 aromatic carbocycles. The van der Waals surface area contributed by atoms with Gasteiger partial charge >= 0.3 is 7.12 Å². The summed E-state index contributed by atoms with van der Waals surface area (Å²) in [5.74, 6) is 0. The molecule has 1 aromatic heterocycles. The summed E-state index contributed by atoms with van der Waals surface area (Å²) in [6.45, 7) is 8.13. The van der Waals surface area contributed by atoms with Crippen molar-refractivity contribution < 1.29 is 14.2 Å². The Bertz CT molecular complexity index is 1010. The zero-order valence-electron chi connectivity index (χ0n) is 15.6. The highest BCUT2D eigenvalue weighted by atomic mass is 32.1. The van der Waals surface area contributed by atoms with Crippen LogP contribution in [0.15, 0.2) is 42.5 Å². The second-order valence-electron chi connectivity index (χ2n) is 7.64. The summed E-state index contributed by atoms with van der Waals surface area (Å²) < 4.78 is 13.3. The van der Waals surface area contributed by atoms with Gasteiger partial charge in [-0.25, -0.2) is 4.98 Å². The molecule has 1 fully saturated rings. The van der Waals surface area contributed by atoms with Crippen molar-refractivity contribution in [2.75, 3.05) is 0 Å². The van der Waals surface area contributed by atoms with E-state index in [4.69, 9.17) is 9.31 Å². The zero-order chi connectivity index (χ0) is 19.4. The van der Waals surface area contributed by atoms with Crippen molar-refractivity contribution in [3.8, 4) is 10.6 Å². The number of nitrogens with zero attached hydrogens (tertiary/aromatic N) is 2. The first kappa shape index (κ1) is 18.1. The van der Waals surface area contributed by atoms with Gasteiger partial charge in [-0.15, -0.1) is 11.3 Å². The Hall–Kier alpha value is -2.29. The highest BCUT2D eigenvalue weighted by Crippen LogP contribution is 2.37. The monoisotopic (exact) mass is 382 g/mol. The van der Waals surface area contributed by atoms with E-state index in [1.165, 1.54) is 12.1 Å². The van der Waals surface area contributed by atoms with Crippen LogP contribution in [-0.2, 0) is 9.31 Å². The van der Waals surface area contributed by atoms with Crippen molar-refractivity contribution in [1.29, 1.82) is 0 Å². The molecule has 0 atom stereocenters. The third-order valence-electron chi connectivity index (χ3n) is 5.26. The number of hydrogen-bond acceptors (Lipinski definition) is 6. The maximum absolute atomic E-state index is 10.8. The summed E-state index contributed by atoms with van der Waals surface area (Å²) >= 11 is 1.55. The quantitative estimate of drug-likeness (QED) is 0.386. The van der Waals surface area contributed by atoms with E-state index in [9.17, 15) is 10.1 Å². The molecular weight excluding hydrogens is 363 g/mol. The number of thiazole rings is 1. The minimum atomic E-state index is -0.413. The molecule has 1 aliphatic heterocycles. The number of benzene rings is 2. The normalized spacial score (nSPS) is 18.1. The van der Waals surface area contributed by atoms with Gasteiger partial charge in [0.05, 0.1) is 26.3 Å². The summed E-state index contributed by atoms with van der Waals surface area (Å²) in [5.41, 5.74) is 2.00. The lowest BCUT2D eigenvalue weighted by Crippen LogP contribution is -2.41. The van der Waals surface area contributed by atoms with Gasteiger partial charge in [-0.2, -0.15) is 0 Å². The number of aromatic nitrogens is 1. The van der Waals surface area contributed by atoms with E-state index in [1.54, 1.807) is 23.5 Å². The first-order chi connectivity index (χ1) is 12.7. The Balaban J connectivity index is 1.66. The van der Waals surface area contributed by atoms with E-state index in [1.807, 2.05) is 45.9 Å². The van der Waals surface area contributed by atoms with Gasteiger partial charge < -0.3 is 9.31 Å². The van der Waals surface area contributed by atoms with Crippen molar-refractivity contribution in [3.63, 3.8) is 0 Å². The number of hydrogen-bond donors (Lipinski definition) is 0. The Morgan fingerprint density at radius 1 is 1.04 bits per heavy atom. The largest absolute Gasteiger partial charge is 0.494 e. The molecule has 4 rings (SSSR count). The van der Waals surface area contributed by atoms with Crippen molar-refractivity contribution in [2.24, 2.45) is 0 Å². The van der Waals surface area contributed by atoms with Gasteiger partial charge in [0, 0.05) is 17.7 Å². The lowest BCUT2D eigenvalue weighted by Gasteiger charge is -2.32. The molecule has 8 heteroatoms. The van der Waals surface area contributed by atoms with Crippen LogP contribution in [0, 0.1) is 10.1 Å². The van der Waals surface area contributed by atoms with E-state index in [0.717, 1.165) is 26.3 Å². The van der Waals surface area contributed by atoms with Gasteiger partial charge in [-0.05, 0) is 57.4 Å². The SMILES string of the molecule is CC1(C)OB(c2ccc3nc(-c4ccc([N+](=O)[O-])cc4)sc3c2)OC1(C)C. The molecule has 0 radical (unpaired) electrons. The first-order valence-electron chi connectivity index (χ1n) is 8.67. The first-order valence-corrected chi connectivity index (χ1v) is 9.49. The van der Waals surface area contributed by atoms with Crippen LogP contribution >= 0.6 is 11.3 Å². The van der Waals surface area contributed by atoms with E-state index in [2.05, 4.69) is 4.98 Å². The van der Waals surface area contributed by atoms with Gasteiger partial charge in [-0.1, -0.05) is 6.07 Å². The molecule has 1 saturated heterocycles. The number of fused-ring (bicyclic) bond motifs is 1. The maximum atomic E-state index is 10.8. The average molecular weight is 382 g/mol. The second kappa shape index (κ2) is 6.12. The smallest absolute Gasteiger partial charge is 0.399 e. The van der Waals surface area contributed by atoms with E-state index >= 15 is 0 Å². The van der Waals surface area contributed by atoms with Crippen molar-refractivity contribution >= 4 is 39.8 Å². The topological polar surface area (TPSA) is 74.5 Å². The Morgan fingerprint density at radius 2 is 1.67 bits per heavy atom. The standard InChI is InChI=1S/C19H19BN2O4S/c1-18(2)19(3,4)26-20(25-18)13-7-10-15-16(11-13)27-17(21-15)12-5-8-14(9-6-12)22(23)24/h5-11H,1-4H3. The summed E-state index contributed by atoms with van der Waals surface area (Å²) in [5, 5.41) is 11.6. The van der Waals surface area contributed by atoms with Crippen LogP contribution in [0.25, 0.3) is 20.8 Å². The molecule has 0 unspecified atom stereocenters. The van der Waals surface area contributed by atoms with Crippen LogP contribution in [0.5, 0.6) is 0 Å². The van der Waals surface area contributed by atoms with Crippen molar-refractivity contribution in [3.05, 3.63) is 52.6 Å². The Kier molecular flexibility index (Phi) is 4.10. The summed E-state index contributed by atoms with van der Waals surface area (Å²) in [6, 6.07) is 12.4. The second-order valence-corrected chi connectivity index (χ2v) is 8.67. The molecule has 0 spiro atoms. The van der Waals surface area contributed by atoms with Gasteiger partial charge in [0.2, 0.25) is 0 Å². The van der Waals surface area contributed by atoms with E-state index in [-0.39, 0.29) is 16.9 Å². The third kappa shape index (κ3) is 3.14. The number of rotatable bonds is 3. The summed E-state index contributed by atoms with van der Waals surface area (Å²) in [7, 11) is -0.413. The molecular formula is C19H19BN2O4S. The minimum absolute atomic E-state index is 0.0721. The zero-order valence-corrected chi connectivity index (χ0v) is 16.4. The van der Waals surface area contributed by atoms with Gasteiger partial charge in [0.15, 0.2) is 0 Å². The molecule has 6 nitrogen and oxygen atoms in total. The maximum Gasteiger partial charge on any atom is 0.494 e. The van der Waals surface area contributed by atoms with Crippen LogP contribution in [0.2, 0.25) is 0 Å². The fourth-order valence-corrected chi connectivity index (χ4v) is 3.94. The number of nitro benzene ring substituents is 1. The molecule has 2 heterocycles. The van der Waals surface area contributed by atoms with E-state index in [0.29, 0.717) is 0 Å². The van der Waals surface area contributed by atoms with Gasteiger partial charge in [0.25, 0.3) is 5.69 Å². The van der Waals surface area contributed by atoms with Crippen LogP contribution in [0.4, 0.5) is 5.69 Å². The molecule has 27 heavy (non-hydrogen) atoms. The molecule has 0 N–H and O–H groups in total. The highest BCUT2D eigenvalue weighted by Gasteiger charge is 2.51. The predicted octanol–water partition coefficient (Wildman–Crippen LogP) is 4.17.